The molecule has 4 aromatic rings. The van der Waals surface area contributed by atoms with Crippen LogP contribution in [0, 0.1) is 23.7 Å². The number of carbonyl (C=O) groups excluding carboxylic acids is 6. The van der Waals surface area contributed by atoms with Gasteiger partial charge in [0.1, 0.15) is 11.2 Å². The molecular weight excluding hydrogens is 1920 g/mol. The zero-order valence-corrected chi connectivity index (χ0v) is 87.4. The summed E-state index contributed by atoms with van der Waals surface area (Å²) in [4.78, 5) is 137. The van der Waals surface area contributed by atoms with Crippen LogP contribution in [0.5, 0.6) is 0 Å². The Kier molecular flexibility index (Phi) is 71.1. The molecule has 0 saturated carbocycles. The molecule has 36 nitrogen and oxygen atoms in total. The Morgan fingerprint density at radius 2 is 0.752 bits per heavy atom. The number of anilines is 4. The number of hydrogen-bond donors (Lipinski definition) is 14. The number of thioether (sulfide) groups is 1. The smallest absolute Gasteiger partial charge is 0.416 e. The minimum absolute atomic E-state index is 0. The average Bonchev–Trinajstić information content (AvgIpc) is 0.857. The maximum atomic E-state index is 12.6. The number of ether oxygens (including phenoxy) is 4. The number of aliphatic carboxylic acids is 4. The first kappa shape index (κ1) is 131. The van der Waals surface area contributed by atoms with Gasteiger partial charge in [-0.2, -0.15) is 0 Å². The van der Waals surface area contributed by atoms with E-state index in [0.29, 0.717) is 94.4 Å². The van der Waals surface area contributed by atoms with Crippen LogP contribution in [0.4, 0.5) is 32.3 Å². The van der Waals surface area contributed by atoms with Gasteiger partial charge in [0, 0.05) is 174 Å². The Morgan fingerprint density at radius 3 is 1.07 bits per heavy atom. The highest BCUT2D eigenvalue weighted by atomic mass is 35.5. The first-order valence-corrected chi connectivity index (χ1v) is 48.7. The zero-order chi connectivity index (χ0) is 101. The lowest BCUT2D eigenvalue weighted by Gasteiger charge is -2.33. The molecular formula is C99H162BCl4N16O20S. The number of guanidine groups is 3. The molecule has 0 bridgehead atoms. The molecule has 4 amide bonds. The van der Waals surface area contributed by atoms with Crippen molar-refractivity contribution in [2.45, 2.75) is 240 Å². The van der Waals surface area contributed by atoms with E-state index in [9.17, 15) is 47.9 Å². The molecule has 12 rings (SSSR count). The highest BCUT2D eigenvalue weighted by molar-refractivity contribution is 8.13. The number of carbonyl (C=O) groups is 10. The van der Waals surface area contributed by atoms with Crippen molar-refractivity contribution in [3.63, 3.8) is 0 Å². The van der Waals surface area contributed by atoms with E-state index < -0.39 is 35.1 Å². The van der Waals surface area contributed by atoms with Gasteiger partial charge in [-0.15, -0.1) is 49.6 Å². The maximum Gasteiger partial charge on any atom is 0.416 e. The number of aliphatic imine (C=N–C) groups is 4. The second kappa shape index (κ2) is 76.6. The summed E-state index contributed by atoms with van der Waals surface area (Å²) in [5.41, 5.74) is 12.5. The first-order chi connectivity index (χ1) is 65.6. The lowest BCUT2D eigenvalue weighted by Crippen LogP contribution is -2.42. The third-order valence-corrected chi connectivity index (χ3v) is 23.4. The van der Waals surface area contributed by atoms with Gasteiger partial charge in [-0.1, -0.05) is 67.7 Å². The van der Waals surface area contributed by atoms with Gasteiger partial charge in [0.2, 0.25) is 11.8 Å². The van der Waals surface area contributed by atoms with Gasteiger partial charge in [0.15, 0.2) is 23.0 Å². The second-order valence-corrected chi connectivity index (χ2v) is 36.5. The van der Waals surface area contributed by atoms with Gasteiger partial charge in [-0.25, -0.2) is 9.59 Å². The number of halogens is 4. The Morgan fingerprint density at radius 1 is 0.440 bits per heavy atom. The number of aliphatic hydroxyl groups excluding tert-OH is 1. The van der Waals surface area contributed by atoms with Crippen molar-refractivity contribution >= 4 is 175 Å². The van der Waals surface area contributed by atoms with Crippen LogP contribution < -0.4 is 43.0 Å². The third kappa shape index (κ3) is 60.8. The minimum atomic E-state index is -0.780. The van der Waals surface area contributed by atoms with Crippen LogP contribution in [0.3, 0.4) is 0 Å². The van der Waals surface area contributed by atoms with Crippen LogP contribution in [0.2, 0.25) is 0 Å². The minimum Gasteiger partial charge on any atom is -0.481 e. The summed E-state index contributed by atoms with van der Waals surface area (Å²) in [7, 11) is 4.13. The van der Waals surface area contributed by atoms with Crippen molar-refractivity contribution in [2.24, 2.45) is 43.6 Å². The van der Waals surface area contributed by atoms with Gasteiger partial charge in [-0.3, -0.25) is 63.2 Å². The van der Waals surface area contributed by atoms with Crippen LogP contribution in [0.1, 0.15) is 225 Å². The monoisotopic (exact) mass is 2080 g/mol. The number of nitrogens with one attached hydrogen (secondary N) is 7. The SMILES string of the molecule is C.CC(C)(C)OC(=O)N1CCC(CCC(=O)O)CC1.CO.COC(=O)CCC1CCN(C(=O)CCc2cccc(NC3=NCCCN3)c2)CC1.COC(=O)CCC1CCNCC1.CSC1=NCCCN1C(=O)OC(C)(C)C.Cl.Cl.Cl.Cl.Nc1cccc(CCC(=O)O)c1.O=C(O)CCC1CCN(C(=O)CCc2cccc(NC3=NCCCN3)c2)CC1.O=C(O)CCc1cccc(NC2=NCCCN2)c1.[3H][B]O. The van der Waals surface area contributed by atoms with E-state index in [1.807, 2.05) is 124 Å². The standard InChI is InChI=1S/C22H32N4O3.C21H30N4O3.C13H17N3O2.C13H23NO4.C10H18N2O2S.C9H17NO2.C9H11NO2.CH4O.CH4.BH2O.4ClH/c1-29-21(28)9-7-17-10-14-26(15-11-17)20(27)8-6-18-4-2-5-19(16-18)25-22-23-12-3-13-24-22;26-19(25-13-9-16(10-14-25)6-8-20(27)28)7-5-17-3-1-4-18(15-17)24-21-22-11-2-12-23-21;17-12(18)6-5-10-3-1-4-11(9-10)16-13-14-7-2-8-15-13;1-13(2,3)18-12(17)14-8-6-10(7-9-14)4-5-11(15)16;1-10(2,3)14-9(13)12-7-5-6-11-8(12)15-4;1-12-9(11)3-2-8-4-6-10-7-5-8;10-8-3-1-2-7(6-8)4-5-9(11)12;1-2;;1-2;;;;/h2,4-5,16-17H,3,6-15H2,1H3,(H2,23,24,25);1,3-4,15-16H,2,5-14H2,(H,27,28)(H2,22,23,24);1,3-4,9H,2,5-8H2,(H,17,18)(H2,14,15,16);10H,4-9H2,1-3H3,(H,15,16);5-7H2,1-4H3;8,10H,2-7H2,1H3;1-3,6H,4-5,10H2,(H,11,12);2H,1H3;1H4;1-2H;4*1H/i;;;;;;;;;1T;;;;. The molecule has 0 aromatic heterocycles. The van der Waals surface area contributed by atoms with E-state index in [2.05, 4.69) is 80.1 Å². The first-order valence-electron chi connectivity index (χ1n) is 48.1. The van der Waals surface area contributed by atoms with Gasteiger partial charge in [0.05, 0.1) is 14.2 Å². The van der Waals surface area contributed by atoms with Crippen LogP contribution in [0.15, 0.2) is 117 Å². The fourth-order valence-electron chi connectivity index (χ4n) is 15.3. The lowest BCUT2D eigenvalue weighted by atomic mass is 9.92. The number of rotatable bonds is 27. The Labute approximate surface area is 866 Å². The van der Waals surface area contributed by atoms with Crippen molar-refractivity contribution in [2.75, 3.05) is 154 Å². The summed E-state index contributed by atoms with van der Waals surface area (Å²) in [6, 6.07) is 31.3. The summed E-state index contributed by atoms with van der Waals surface area (Å²) in [5.74, 6) is 1.65. The molecule has 1 radical (unpaired) electrons. The summed E-state index contributed by atoms with van der Waals surface area (Å²) >= 11 is 1.48. The van der Waals surface area contributed by atoms with Crippen LogP contribution in [-0.4, -0.2) is 286 Å². The van der Waals surface area contributed by atoms with Gasteiger partial charge in [-0.05, 0) is 284 Å². The summed E-state index contributed by atoms with van der Waals surface area (Å²) < 4.78 is 25.5. The van der Waals surface area contributed by atoms with E-state index in [-0.39, 0.29) is 127 Å². The maximum absolute atomic E-state index is 12.6. The molecule has 4 saturated heterocycles. The predicted molar refractivity (Wildman–Crippen MR) is 572 cm³/mol. The number of hydrogen-bond acceptors (Lipinski definition) is 29. The number of amidine groups is 1. The molecule has 795 valence electrons. The number of methoxy groups -OCH3 is 2. The molecule has 0 unspecified atom stereocenters. The number of carboxylic acids is 4. The van der Waals surface area contributed by atoms with Crippen molar-refractivity contribution < 1.29 is 97.4 Å². The molecule has 8 aliphatic rings. The van der Waals surface area contributed by atoms with E-state index in [1.165, 1.54) is 38.8 Å². The van der Waals surface area contributed by atoms with Crippen molar-refractivity contribution in [3.05, 3.63) is 119 Å². The summed E-state index contributed by atoms with van der Waals surface area (Å²) in [5, 5.41) is 72.2. The molecule has 0 aliphatic carbocycles. The number of amides is 4. The van der Waals surface area contributed by atoms with Gasteiger partial charge >= 0.3 is 48.0 Å². The van der Waals surface area contributed by atoms with E-state index in [0.717, 1.165) is 250 Å². The summed E-state index contributed by atoms with van der Waals surface area (Å²) in [6.07, 6.45) is 22.0. The van der Waals surface area contributed by atoms with E-state index in [4.69, 9.17) is 51.8 Å². The van der Waals surface area contributed by atoms with Gasteiger partial charge < -0.3 is 107 Å². The number of likely N-dealkylation sites (tertiary alicyclic amines) is 3. The highest BCUT2D eigenvalue weighted by Gasteiger charge is 2.31. The number of piperidine rings is 4. The predicted octanol–water partition coefficient (Wildman–Crippen LogP) is 14.3. The average molecular weight is 2080 g/mol. The molecule has 4 aromatic carbocycles. The van der Waals surface area contributed by atoms with Gasteiger partial charge in [0.25, 0.3) is 8.01 Å². The number of esters is 2. The fourth-order valence-corrected chi connectivity index (χ4v) is 15.9. The van der Waals surface area contributed by atoms with Crippen LogP contribution in [-0.2, 0) is 83.0 Å². The normalized spacial score (nSPS) is 15.6. The molecule has 0 atom stereocenters. The Bertz CT molecular complexity index is 4420. The largest absolute Gasteiger partial charge is 0.481 e. The van der Waals surface area contributed by atoms with Crippen molar-refractivity contribution in [1.29, 1.82) is 1.34 Å². The number of nitrogens with zero attached hydrogens (tertiary/aromatic N) is 8. The molecule has 42 heteroatoms. The number of aliphatic hydroxyl groups is 1. The number of carboxylic acid groups (broad SMARTS) is 4. The van der Waals surface area contributed by atoms with Crippen molar-refractivity contribution in [1.82, 2.24) is 40.9 Å². The third-order valence-electron chi connectivity index (χ3n) is 22.7. The Hall–Kier alpha value is -10.1. The number of aryl methyl sites for hydroxylation is 4. The summed E-state index contributed by atoms with van der Waals surface area (Å²) in [6.45, 7) is 24.6. The molecule has 15 N–H and O–H groups in total. The molecule has 8 aliphatic heterocycles. The molecule has 0 spiro atoms. The highest BCUT2D eigenvalue weighted by Crippen LogP contribution is 2.28. The second-order valence-electron chi connectivity index (χ2n) is 35.7. The molecule has 8 heterocycles. The van der Waals surface area contributed by atoms with E-state index in [1.54, 1.807) is 21.9 Å². The molecule has 4 fully saturated rings. The number of benzene rings is 4. The topological polar surface area (TPSA) is 502 Å². The zero-order valence-electron chi connectivity index (χ0n) is 84.3. The number of nitrogens with two attached hydrogens (primary N) is 1. The fraction of sp³-hybridized carbons (Fsp3) is 0.616. The van der Waals surface area contributed by atoms with Crippen LogP contribution in [0.25, 0.3) is 0 Å². The Balaban J connectivity index is 0. The quantitative estimate of drug-likeness (QED) is 0.0114. The molecule has 141 heavy (non-hydrogen) atoms. The van der Waals surface area contributed by atoms with Crippen molar-refractivity contribution in [3.8, 4) is 0 Å². The number of nitrogen functional groups attached to an aromatic ring is 1. The van der Waals surface area contributed by atoms with E-state index >= 15 is 0 Å². The lowest BCUT2D eigenvalue weighted by molar-refractivity contribution is -0.142. The van der Waals surface area contributed by atoms with Crippen LogP contribution >= 0.6 is 61.4 Å².